The van der Waals surface area contributed by atoms with Crippen LogP contribution in [0.1, 0.15) is 38.7 Å². The number of para-hydroxylation sites is 1. The molecule has 1 heterocycles. The second-order valence-electron chi connectivity index (χ2n) is 9.10. The van der Waals surface area contributed by atoms with Gasteiger partial charge in [0.2, 0.25) is 23.6 Å². The van der Waals surface area contributed by atoms with Gasteiger partial charge in [-0.1, -0.05) is 32.0 Å². The number of primary amides is 1. The zero-order chi connectivity index (χ0) is 27.5. The summed E-state index contributed by atoms with van der Waals surface area (Å²) in [7, 11) is 1.16. The van der Waals surface area contributed by atoms with Crippen molar-refractivity contribution in [3.05, 3.63) is 36.0 Å². The Labute approximate surface area is 220 Å². The highest BCUT2D eigenvalue weighted by atomic mass is 35.5. The lowest BCUT2D eigenvalue weighted by Gasteiger charge is -2.25. The summed E-state index contributed by atoms with van der Waals surface area (Å²) in [6.45, 7) is 3.78. The fourth-order valence-electron chi connectivity index (χ4n) is 3.89. The Hall–Kier alpha value is -3.60. The van der Waals surface area contributed by atoms with Crippen LogP contribution in [0, 0.1) is 5.92 Å². The maximum atomic E-state index is 13.4. The zero-order valence-corrected chi connectivity index (χ0v) is 21.9. The molecule has 0 aliphatic heterocycles. The highest BCUT2D eigenvalue weighted by Crippen LogP contribution is 2.19. The maximum Gasteiger partial charge on any atom is 0.328 e. The third-order valence-corrected chi connectivity index (χ3v) is 5.94. The number of esters is 1. The number of amides is 4. The first kappa shape index (κ1) is 29.6. The van der Waals surface area contributed by atoms with Crippen LogP contribution < -0.4 is 21.7 Å². The normalized spacial score (nSPS) is 13.4. The summed E-state index contributed by atoms with van der Waals surface area (Å²) in [4.78, 5) is 65.1. The number of aromatic nitrogens is 1. The van der Waals surface area contributed by atoms with Crippen molar-refractivity contribution in [1.82, 2.24) is 20.9 Å². The number of halogens is 1. The van der Waals surface area contributed by atoms with Gasteiger partial charge in [-0.25, -0.2) is 4.79 Å². The predicted octanol–water partition coefficient (Wildman–Crippen LogP) is 0.888. The minimum Gasteiger partial charge on any atom is -0.467 e. The van der Waals surface area contributed by atoms with Crippen LogP contribution in [-0.2, 0) is 35.1 Å². The standard InChI is InChI=1S/C25H34ClN5O6/c1-14(2)10-19(29-22(33)12-26)23(34)31-20(11-15-13-28-17-7-5-4-6-16(15)17)24(35)30-18(25(36)37-3)8-9-21(27)32/h4-7,13-14,18-20,28H,8-12H2,1-3H3,(H2,27,32)(H,29,33)(H,30,35)(H,31,34)/t18-,19-,20-/m0/s1. The van der Waals surface area contributed by atoms with E-state index in [1.807, 2.05) is 38.1 Å². The molecule has 0 spiro atoms. The Balaban J connectivity index is 2.33. The van der Waals surface area contributed by atoms with Crippen LogP contribution in [0.5, 0.6) is 0 Å². The number of H-pyrrole nitrogens is 1. The lowest BCUT2D eigenvalue weighted by Crippen LogP contribution is -2.56. The molecule has 0 aliphatic rings. The topological polar surface area (TPSA) is 172 Å². The number of alkyl halides is 1. The van der Waals surface area contributed by atoms with Crippen molar-refractivity contribution in [2.75, 3.05) is 13.0 Å². The summed E-state index contributed by atoms with van der Waals surface area (Å²) in [5.41, 5.74) is 6.81. The molecular weight excluding hydrogens is 502 g/mol. The van der Waals surface area contributed by atoms with Crippen molar-refractivity contribution in [2.45, 2.75) is 57.7 Å². The van der Waals surface area contributed by atoms with Gasteiger partial charge in [-0.05, 0) is 30.4 Å². The first-order valence-corrected chi connectivity index (χ1v) is 12.5. The van der Waals surface area contributed by atoms with Gasteiger partial charge in [-0.2, -0.15) is 0 Å². The molecule has 12 heteroatoms. The van der Waals surface area contributed by atoms with E-state index >= 15 is 0 Å². The van der Waals surface area contributed by atoms with Crippen molar-refractivity contribution in [2.24, 2.45) is 11.7 Å². The number of carbonyl (C=O) groups excluding carboxylic acids is 5. The summed E-state index contributed by atoms with van der Waals surface area (Å²) < 4.78 is 4.75. The summed E-state index contributed by atoms with van der Waals surface area (Å²) >= 11 is 5.61. The van der Waals surface area contributed by atoms with E-state index in [-0.39, 0.29) is 31.1 Å². The molecule has 0 saturated heterocycles. The van der Waals surface area contributed by atoms with Gasteiger partial charge >= 0.3 is 5.97 Å². The summed E-state index contributed by atoms with van der Waals surface area (Å²) in [6.07, 6.45) is 1.93. The van der Waals surface area contributed by atoms with Gasteiger partial charge < -0.3 is 31.4 Å². The molecule has 2 aromatic rings. The van der Waals surface area contributed by atoms with Gasteiger partial charge in [-0.3, -0.25) is 19.2 Å². The largest absolute Gasteiger partial charge is 0.467 e. The van der Waals surface area contributed by atoms with Gasteiger partial charge in [0, 0.05) is 29.9 Å². The second-order valence-corrected chi connectivity index (χ2v) is 9.36. The molecule has 0 fully saturated rings. The lowest BCUT2D eigenvalue weighted by molar-refractivity contribution is -0.145. The molecule has 2 rings (SSSR count). The number of aromatic amines is 1. The molecule has 0 radical (unpaired) electrons. The van der Waals surface area contributed by atoms with E-state index in [1.165, 1.54) is 0 Å². The number of fused-ring (bicyclic) bond motifs is 1. The van der Waals surface area contributed by atoms with Gasteiger partial charge in [0.15, 0.2) is 0 Å². The number of nitrogens with one attached hydrogen (secondary N) is 4. The Morgan fingerprint density at radius 1 is 1.00 bits per heavy atom. The molecule has 202 valence electrons. The minimum absolute atomic E-state index is 0.0600. The molecule has 0 unspecified atom stereocenters. The highest BCUT2D eigenvalue weighted by Gasteiger charge is 2.31. The van der Waals surface area contributed by atoms with Crippen LogP contribution in [0.4, 0.5) is 0 Å². The minimum atomic E-state index is -1.14. The monoisotopic (exact) mass is 535 g/mol. The Morgan fingerprint density at radius 3 is 2.27 bits per heavy atom. The molecule has 0 aliphatic carbocycles. The molecule has 11 nitrogen and oxygen atoms in total. The number of rotatable bonds is 14. The summed E-state index contributed by atoms with van der Waals surface area (Å²) in [5.74, 6) is -3.40. The molecule has 1 aromatic carbocycles. The molecular formula is C25H34ClN5O6. The van der Waals surface area contributed by atoms with Crippen molar-refractivity contribution in [3.63, 3.8) is 0 Å². The van der Waals surface area contributed by atoms with Crippen molar-refractivity contribution in [3.8, 4) is 0 Å². The fourth-order valence-corrected chi connectivity index (χ4v) is 3.97. The first-order valence-electron chi connectivity index (χ1n) is 11.9. The number of nitrogens with two attached hydrogens (primary N) is 1. The third-order valence-electron chi connectivity index (χ3n) is 5.69. The highest BCUT2D eigenvalue weighted by molar-refractivity contribution is 6.27. The van der Waals surface area contributed by atoms with E-state index in [0.717, 1.165) is 23.6 Å². The molecule has 4 amide bonds. The molecule has 6 N–H and O–H groups in total. The predicted molar refractivity (Wildman–Crippen MR) is 138 cm³/mol. The van der Waals surface area contributed by atoms with E-state index in [1.54, 1.807) is 6.20 Å². The fraction of sp³-hybridized carbons (Fsp3) is 0.480. The van der Waals surface area contributed by atoms with Crippen molar-refractivity contribution in [1.29, 1.82) is 0 Å². The average molecular weight is 536 g/mol. The van der Waals surface area contributed by atoms with Crippen LogP contribution in [0.15, 0.2) is 30.5 Å². The average Bonchev–Trinajstić information content (AvgIpc) is 3.27. The molecule has 3 atom stereocenters. The van der Waals surface area contributed by atoms with Crippen LogP contribution in [-0.4, -0.2) is 65.7 Å². The molecule has 0 bridgehead atoms. The van der Waals surface area contributed by atoms with Crippen molar-refractivity contribution >= 4 is 52.1 Å². The van der Waals surface area contributed by atoms with Gasteiger partial charge in [0.25, 0.3) is 0 Å². The summed E-state index contributed by atoms with van der Waals surface area (Å²) in [6, 6.07) is 4.30. The smallest absolute Gasteiger partial charge is 0.328 e. The zero-order valence-electron chi connectivity index (χ0n) is 21.1. The Bertz CT molecular complexity index is 1120. The number of hydrogen-bond acceptors (Lipinski definition) is 6. The summed E-state index contributed by atoms with van der Waals surface area (Å²) in [5, 5.41) is 8.73. The van der Waals surface area contributed by atoms with Crippen molar-refractivity contribution < 1.29 is 28.7 Å². The quantitative estimate of drug-likeness (QED) is 0.177. The van der Waals surface area contributed by atoms with Crippen LogP contribution >= 0.6 is 11.6 Å². The number of methoxy groups -OCH3 is 1. The number of ether oxygens (including phenoxy) is 1. The first-order chi connectivity index (χ1) is 17.5. The van der Waals surface area contributed by atoms with E-state index in [9.17, 15) is 24.0 Å². The van der Waals surface area contributed by atoms with Crippen LogP contribution in [0.25, 0.3) is 10.9 Å². The van der Waals surface area contributed by atoms with Gasteiger partial charge in [0.05, 0.1) is 7.11 Å². The van der Waals surface area contributed by atoms with Gasteiger partial charge in [0.1, 0.15) is 24.0 Å². The second kappa shape index (κ2) is 14.2. The van der Waals surface area contributed by atoms with Crippen LogP contribution in [0.3, 0.4) is 0 Å². The molecule has 1 aromatic heterocycles. The molecule has 0 saturated carbocycles. The third kappa shape index (κ3) is 9.09. The van der Waals surface area contributed by atoms with Gasteiger partial charge in [-0.15, -0.1) is 11.6 Å². The number of hydrogen-bond donors (Lipinski definition) is 5. The number of carbonyl (C=O) groups is 5. The SMILES string of the molecule is COC(=O)[C@H](CCC(N)=O)NC(=O)[C@H](Cc1c[nH]c2ccccc12)NC(=O)[C@H](CC(C)C)NC(=O)CCl. The van der Waals surface area contributed by atoms with E-state index < -0.39 is 47.7 Å². The number of benzene rings is 1. The van der Waals surface area contributed by atoms with Crippen LogP contribution in [0.2, 0.25) is 0 Å². The lowest BCUT2D eigenvalue weighted by atomic mass is 10.0. The Kier molecular flexibility index (Phi) is 11.4. The molecule has 37 heavy (non-hydrogen) atoms. The maximum absolute atomic E-state index is 13.4. The van der Waals surface area contributed by atoms with E-state index in [2.05, 4.69) is 20.9 Å². The Morgan fingerprint density at radius 2 is 1.65 bits per heavy atom. The van der Waals surface area contributed by atoms with E-state index in [4.69, 9.17) is 22.1 Å². The van der Waals surface area contributed by atoms with E-state index in [0.29, 0.717) is 6.42 Å².